The number of Topliss-reactive ketones (excluding diaryl/α,β-unsaturated/α-hetero) is 2. The first kappa shape index (κ1) is 18.4. The second-order valence-corrected chi connectivity index (χ2v) is 6.29. The molecule has 0 N–H and O–H groups in total. The van der Waals surface area contributed by atoms with Gasteiger partial charge >= 0.3 is 6.18 Å². The van der Waals surface area contributed by atoms with E-state index in [1.807, 2.05) is 0 Å². The molecule has 4 nitrogen and oxygen atoms in total. The largest absolute Gasteiger partial charge is 0.411 e. The number of halogens is 3. The molecule has 0 amide bonds. The molecule has 4 atom stereocenters. The summed E-state index contributed by atoms with van der Waals surface area (Å²) in [5.41, 5.74) is 0. The van der Waals surface area contributed by atoms with Crippen LogP contribution in [0.15, 0.2) is 0 Å². The van der Waals surface area contributed by atoms with E-state index in [4.69, 9.17) is 9.47 Å². The summed E-state index contributed by atoms with van der Waals surface area (Å²) in [5, 5.41) is 0. The minimum Gasteiger partial charge on any atom is -0.353 e. The molecule has 2 aliphatic rings. The molecule has 0 radical (unpaired) electrons. The Labute approximate surface area is 133 Å². The molecule has 2 aliphatic carbocycles. The topological polar surface area (TPSA) is 52.6 Å². The summed E-state index contributed by atoms with van der Waals surface area (Å²) in [6.07, 6.45) is -1.99. The summed E-state index contributed by atoms with van der Waals surface area (Å²) in [6, 6.07) is 0. The Balaban J connectivity index is 1.90. The van der Waals surface area contributed by atoms with Gasteiger partial charge in [-0.05, 0) is 32.6 Å². The third-order valence-electron chi connectivity index (χ3n) is 4.69. The standard InChI is InChI=1S/C16H23F3O4/c1-2-22-14(23-9-16(17,18)19)8-10-6-7-12(15(10)21)11-4-3-5-13(11)20/h10-12,14H,2-9H2,1H3. The Morgan fingerprint density at radius 1 is 1.13 bits per heavy atom. The van der Waals surface area contributed by atoms with Crippen molar-refractivity contribution in [3.8, 4) is 0 Å². The first-order chi connectivity index (χ1) is 10.8. The van der Waals surface area contributed by atoms with Gasteiger partial charge in [0.1, 0.15) is 18.2 Å². The fourth-order valence-corrected chi connectivity index (χ4v) is 3.66. The van der Waals surface area contributed by atoms with E-state index in [1.165, 1.54) is 0 Å². The van der Waals surface area contributed by atoms with Gasteiger partial charge < -0.3 is 9.47 Å². The van der Waals surface area contributed by atoms with Crippen molar-refractivity contribution < 1.29 is 32.2 Å². The van der Waals surface area contributed by atoms with E-state index in [2.05, 4.69) is 0 Å². The predicted molar refractivity (Wildman–Crippen MR) is 75.6 cm³/mol. The maximum absolute atomic E-state index is 12.5. The highest BCUT2D eigenvalue weighted by molar-refractivity contribution is 5.93. The number of hydrogen-bond acceptors (Lipinski definition) is 4. The molecule has 132 valence electrons. The SMILES string of the molecule is CCOC(CC1CCC(C2CCCC2=O)C1=O)OCC(F)(F)F. The van der Waals surface area contributed by atoms with Gasteiger partial charge in [0.15, 0.2) is 6.29 Å². The Morgan fingerprint density at radius 3 is 2.43 bits per heavy atom. The lowest BCUT2D eigenvalue weighted by Crippen LogP contribution is -2.30. The van der Waals surface area contributed by atoms with Crippen LogP contribution in [0.1, 0.15) is 45.4 Å². The summed E-state index contributed by atoms with van der Waals surface area (Å²) in [7, 11) is 0. The Bertz CT molecular complexity index is 436. The average molecular weight is 336 g/mol. The number of carbonyl (C=O) groups is 2. The van der Waals surface area contributed by atoms with Crippen molar-refractivity contribution >= 4 is 11.6 Å². The summed E-state index contributed by atoms with van der Waals surface area (Å²) in [6.45, 7) is 0.498. The number of hydrogen-bond donors (Lipinski definition) is 0. The van der Waals surface area contributed by atoms with Crippen LogP contribution in [-0.4, -0.2) is 37.2 Å². The van der Waals surface area contributed by atoms with Crippen molar-refractivity contribution in [2.75, 3.05) is 13.2 Å². The highest BCUT2D eigenvalue weighted by Crippen LogP contribution is 2.40. The molecule has 2 saturated carbocycles. The predicted octanol–water partition coefficient (Wildman–Crippen LogP) is 3.28. The molecule has 0 aromatic carbocycles. The molecule has 0 bridgehead atoms. The van der Waals surface area contributed by atoms with Gasteiger partial charge in [0, 0.05) is 37.2 Å². The zero-order valence-electron chi connectivity index (χ0n) is 13.2. The first-order valence-electron chi connectivity index (χ1n) is 8.18. The fraction of sp³-hybridized carbons (Fsp3) is 0.875. The van der Waals surface area contributed by atoms with Gasteiger partial charge in [0.25, 0.3) is 0 Å². The fourth-order valence-electron chi connectivity index (χ4n) is 3.66. The van der Waals surface area contributed by atoms with E-state index in [0.29, 0.717) is 19.3 Å². The van der Waals surface area contributed by atoms with E-state index < -0.39 is 19.1 Å². The molecule has 23 heavy (non-hydrogen) atoms. The minimum absolute atomic E-state index is 0.00874. The number of ether oxygens (including phenoxy) is 2. The number of alkyl halides is 3. The monoisotopic (exact) mass is 336 g/mol. The lowest BCUT2D eigenvalue weighted by molar-refractivity contribution is -0.231. The second kappa shape index (κ2) is 7.75. The van der Waals surface area contributed by atoms with E-state index in [9.17, 15) is 22.8 Å². The van der Waals surface area contributed by atoms with Gasteiger partial charge in [-0.2, -0.15) is 13.2 Å². The zero-order chi connectivity index (χ0) is 17.0. The summed E-state index contributed by atoms with van der Waals surface area (Å²) >= 11 is 0. The normalized spacial score (nSPS) is 30.2. The van der Waals surface area contributed by atoms with Crippen LogP contribution in [0.5, 0.6) is 0 Å². The van der Waals surface area contributed by atoms with Crippen molar-refractivity contribution in [1.29, 1.82) is 0 Å². The number of carbonyl (C=O) groups excluding carboxylic acids is 2. The molecular formula is C16H23F3O4. The maximum atomic E-state index is 12.5. The lowest BCUT2D eigenvalue weighted by Gasteiger charge is -2.22. The highest BCUT2D eigenvalue weighted by atomic mass is 19.4. The van der Waals surface area contributed by atoms with Gasteiger partial charge in [0.2, 0.25) is 0 Å². The molecule has 0 aromatic heterocycles. The van der Waals surface area contributed by atoms with Crippen molar-refractivity contribution in [3.63, 3.8) is 0 Å². The third kappa shape index (κ3) is 5.01. The van der Waals surface area contributed by atoms with Crippen LogP contribution in [0.4, 0.5) is 13.2 Å². The number of rotatable bonds is 7. The Hall–Kier alpha value is -0.950. The molecule has 2 fully saturated rings. The maximum Gasteiger partial charge on any atom is 0.411 e. The van der Waals surface area contributed by atoms with E-state index in [0.717, 1.165) is 12.8 Å². The smallest absolute Gasteiger partial charge is 0.353 e. The van der Waals surface area contributed by atoms with Crippen molar-refractivity contribution in [1.82, 2.24) is 0 Å². The summed E-state index contributed by atoms with van der Waals surface area (Å²) < 4.78 is 46.8. The van der Waals surface area contributed by atoms with Crippen LogP contribution in [0.25, 0.3) is 0 Å². The molecule has 2 rings (SSSR count). The zero-order valence-corrected chi connectivity index (χ0v) is 13.2. The average Bonchev–Trinajstić information content (AvgIpc) is 3.02. The van der Waals surface area contributed by atoms with Crippen LogP contribution in [0, 0.1) is 17.8 Å². The summed E-state index contributed by atoms with van der Waals surface area (Å²) in [5.74, 6) is -0.684. The molecule has 4 unspecified atom stereocenters. The van der Waals surface area contributed by atoms with E-state index in [-0.39, 0.29) is 42.3 Å². The number of ketones is 2. The second-order valence-electron chi connectivity index (χ2n) is 6.29. The summed E-state index contributed by atoms with van der Waals surface area (Å²) in [4.78, 5) is 24.3. The molecule has 0 saturated heterocycles. The Kier molecular flexibility index (Phi) is 6.19. The molecule has 0 heterocycles. The first-order valence-corrected chi connectivity index (χ1v) is 8.18. The van der Waals surface area contributed by atoms with Crippen molar-refractivity contribution in [2.24, 2.45) is 17.8 Å². The third-order valence-corrected chi connectivity index (χ3v) is 4.69. The van der Waals surface area contributed by atoms with Gasteiger partial charge in [0.05, 0.1) is 0 Å². The van der Waals surface area contributed by atoms with Gasteiger partial charge in [-0.25, -0.2) is 0 Å². The van der Waals surface area contributed by atoms with E-state index in [1.54, 1.807) is 6.92 Å². The molecular weight excluding hydrogens is 313 g/mol. The minimum atomic E-state index is -4.42. The Morgan fingerprint density at radius 2 is 1.87 bits per heavy atom. The van der Waals surface area contributed by atoms with Crippen LogP contribution in [-0.2, 0) is 19.1 Å². The van der Waals surface area contributed by atoms with Crippen LogP contribution in [0.2, 0.25) is 0 Å². The van der Waals surface area contributed by atoms with Gasteiger partial charge in [-0.15, -0.1) is 0 Å². The van der Waals surface area contributed by atoms with Crippen LogP contribution < -0.4 is 0 Å². The molecule has 0 aliphatic heterocycles. The quantitative estimate of drug-likeness (QED) is 0.670. The molecule has 7 heteroatoms. The lowest BCUT2D eigenvalue weighted by atomic mass is 9.86. The van der Waals surface area contributed by atoms with Gasteiger partial charge in [-0.3, -0.25) is 9.59 Å². The highest BCUT2D eigenvalue weighted by Gasteiger charge is 2.44. The van der Waals surface area contributed by atoms with E-state index >= 15 is 0 Å². The van der Waals surface area contributed by atoms with Crippen molar-refractivity contribution in [2.45, 2.75) is 57.9 Å². The van der Waals surface area contributed by atoms with Crippen molar-refractivity contribution in [3.05, 3.63) is 0 Å². The molecule has 0 spiro atoms. The van der Waals surface area contributed by atoms with Crippen LogP contribution >= 0.6 is 0 Å². The van der Waals surface area contributed by atoms with Gasteiger partial charge in [-0.1, -0.05) is 0 Å². The molecule has 0 aromatic rings. The van der Waals surface area contributed by atoms with Crippen LogP contribution in [0.3, 0.4) is 0 Å².